The van der Waals surface area contributed by atoms with Crippen molar-refractivity contribution in [2.24, 2.45) is 11.7 Å². The summed E-state index contributed by atoms with van der Waals surface area (Å²) in [5, 5.41) is 0.378. The lowest BCUT2D eigenvalue weighted by molar-refractivity contribution is -0.123. The molecule has 0 spiro atoms. The molecule has 7 heteroatoms. The summed E-state index contributed by atoms with van der Waals surface area (Å²) < 4.78 is 4.67. The van der Waals surface area contributed by atoms with Gasteiger partial charge in [0, 0.05) is 18.0 Å². The SMILES string of the molecule is COC(=O)c1ccc(Cl)cc1N1CC(C(N)=O)CC1=O. The molecule has 0 aliphatic carbocycles. The number of esters is 1. The van der Waals surface area contributed by atoms with Gasteiger partial charge in [-0.1, -0.05) is 11.6 Å². The van der Waals surface area contributed by atoms with Gasteiger partial charge < -0.3 is 15.4 Å². The molecule has 2 amide bonds. The molecule has 1 atom stereocenters. The van der Waals surface area contributed by atoms with Crippen LogP contribution in [0.4, 0.5) is 5.69 Å². The number of benzene rings is 1. The number of anilines is 1. The van der Waals surface area contributed by atoms with Gasteiger partial charge in [-0.15, -0.1) is 0 Å². The molecule has 1 aromatic rings. The first-order valence-corrected chi connectivity index (χ1v) is 6.29. The van der Waals surface area contributed by atoms with Crippen LogP contribution in [0.5, 0.6) is 0 Å². The van der Waals surface area contributed by atoms with Crippen LogP contribution in [0, 0.1) is 5.92 Å². The number of primary amides is 1. The van der Waals surface area contributed by atoms with Crippen molar-refractivity contribution in [3.63, 3.8) is 0 Å². The molecular weight excluding hydrogens is 284 g/mol. The zero-order chi connectivity index (χ0) is 14.9. The number of rotatable bonds is 3. The summed E-state index contributed by atoms with van der Waals surface area (Å²) >= 11 is 5.91. The van der Waals surface area contributed by atoms with Gasteiger partial charge in [-0.3, -0.25) is 9.59 Å². The number of methoxy groups -OCH3 is 1. The Kier molecular flexibility index (Phi) is 3.94. The van der Waals surface area contributed by atoms with E-state index >= 15 is 0 Å². The number of nitrogens with two attached hydrogens (primary N) is 1. The summed E-state index contributed by atoms with van der Waals surface area (Å²) in [6.07, 6.45) is 0.0302. The standard InChI is InChI=1S/C13H13ClN2O4/c1-20-13(19)9-3-2-8(14)5-10(9)16-6-7(12(15)18)4-11(16)17/h2-3,5,7H,4,6H2,1H3,(H2,15,18). The molecule has 20 heavy (non-hydrogen) atoms. The van der Waals surface area contributed by atoms with E-state index in [1.165, 1.54) is 30.2 Å². The highest BCUT2D eigenvalue weighted by atomic mass is 35.5. The van der Waals surface area contributed by atoms with Gasteiger partial charge in [-0.05, 0) is 18.2 Å². The van der Waals surface area contributed by atoms with Crippen LogP contribution in [0.2, 0.25) is 5.02 Å². The second kappa shape index (κ2) is 5.50. The van der Waals surface area contributed by atoms with Crippen molar-refractivity contribution in [2.45, 2.75) is 6.42 Å². The summed E-state index contributed by atoms with van der Waals surface area (Å²) in [6.45, 7) is 0.137. The molecule has 0 aromatic heterocycles. The number of carbonyl (C=O) groups excluding carboxylic acids is 3. The molecular formula is C13H13ClN2O4. The average Bonchev–Trinajstić information content (AvgIpc) is 2.80. The Labute approximate surface area is 120 Å². The Morgan fingerprint density at radius 3 is 2.70 bits per heavy atom. The van der Waals surface area contributed by atoms with E-state index in [9.17, 15) is 14.4 Å². The zero-order valence-electron chi connectivity index (χ0n) is 10.8. The molecule has 2 rings (SSSR count). The topological polar surface area (TPSA) is 89.7 Å². The van der Waals surface area contributed by atoms with Crippen LogP contribution < -0.4 is 10.6 Å². The second-order valence-electron chi connectivity index (χ2n) is 4.46. The number of amides is 2. The largest absolute Gasteiger partial charge is 0.465 e. The maximum atomic E-state index is 12.0. The van der Waals surface area contributed by atoms with Crippen molar-refractivity contribution in [3.8, 4) is 0 Å². The normalized spacial score (nSPS) is 18.2. The molecule has 1 aliphatic rings. The van der Waals surface area contributed by atoms with E-state index in [1.807, 2.05) is 0 Å². The molecule has 1 unspecified atom stereocenters. The molecule has 1 aliphatic heterocycles. The maximum Gasteiger partial charge on any atom is 0.339 e. The Morgan fingerprint density at radius 2 is 2.15 bits per heavy atom. The van der Waals surface area contributed by atoms with E-state index in [-0.39, 0.29) is 24.4 Å². The monoisotopic (exact) mass is 296 g/mol. The first-order valence-electron chi connectivity index (χ1n) is 5.91. The van der Waals surface area contributed by atoms with E-state index in [0.717, 1.165) is 0 Å². The van der Waals surface area contributed by atoms with Crippen molar-refractivity contribution < 1.29 is 19.1 Å². The molecule has 106 valence electrons. The fourth-order valence-electron chi connectivity index (χ4n) is 2.14. The third-order valence-electron chi connectivity index (χ3n) is 3.18. The van der Waals surface area contributed by atoms with Gasteiger partial charge in [-0.25, -0.2) is 4.79 Å². The first kappa shape index (κ1) is 14.3. The number of carbonyl (C=O) groups is 3. The average molecular weight is 297 g/mol. The first-order chi connectivity index (χ1) is 9.43. The zero-order valence-corrected chi connectivity index (χ0v) is 11.5. The minimum absolute atomic E-state index is 0.0302. The Bertz CT molecular complexity index is 588. The Morgan fingerprint density at radius 1 is 1.45 bits per heavy atom. The quantitative estimate of drug-likeness (QED) is 0.841. The highest BCUT2D eigenvalue weighted by Gasteiger charge is 2.35. The number of ether oxygens (including phenoxy) is 1. The van der Waals surface area contributed by atoms with Crippen molar-refractivity contribution in [1.82, 2.24) is 0 Å². The molecule has 2 N–H and O–H groups in total. The molecule has 0 saturated carbocycles. The molecule has 1 heterocycles. The van der Waals surface area contributed by atoms with Crippen LogP contribution in [-0.2, 0) is 14.3 Å². The van der Waals surface area contributed by atoms with Crippen LogP contribution in [0.3, 0.4) is 0 Å². The van der Waals surface area contributed by atoms with Crippen molar-refractivity contribution >= 4 is 35.1 Å². The van der Waals surface area contributed by atoms with Gasteiger partial charge in [0.05, 0.1) is 24.3 Å². The second-order valence-corrected chi connectivity index (χ2v) is 4.90. The number of halogens is 1. The van der Waals surface area contributed by atoms with E-state index in [4.69, 9.17) is 17.3 Å². The lowest BCUT2D eigenvalue weighted by Crippen LogP contribution is -2.29. The number of hydrogen-bond donors (Lipinski definition) is 1. The van der Waals surface area contributed by atoms with Gasteiger partial charge in [0.2, 0.25) is 11.8 Å². The van der Waals surface area contributed by atoms with Crippen molar-refractivity contribution in [1.29, 1.82) is 0 Å². The molecule has 1 fully saturated rings. The number of hydrogen-bond acceptors (Lipinski definition) is 4. The van der Waals surface area contributed by atoms with Gasteiger partial charge >= 0.3 is 5.97 Å². The molecule has 0 bridgehead atoms. The van der Waals surface area contributed by atoms with E-state index < -0.39 is 17.8 Å². The van der Waals surface area contributed by atoms with Crippen molar-refractivity contribution in [3.05, 3.63) is 28.8 Å². The fraction of sp³-hybridized carbons (Fsp3) is 0.308. The van der Waals surface area contributed by atoms with Crippen LogP contribution in [0.1, 0.15) is 16.8 Å². The van der Waals surface area contributed by atoms with E-state index in [2.05, 4.69) is 4.74 Å². The fourth-order valence-corrected chi connectivity index (χ4v) is 2.31. The van der Waals surface area contributed by atoms with Crippen LogP contribution in [-0.4, -0.2) is 31.4 Å². The van der Waals surface area contributed by atoms with Gasteiger partial charge in [0.1, 0.15) is 0 Å². The summed E-state index contributed by atoms with van der Waals surface area (Å²) in [5.41, 5.74) is 5.77. The van der Waals surface area contributed by atoms with Gasteiger partial charge in [-0.2, -0.15) is 0 Å². The van der Waals surface area contributed by atoms with Gasteiger partial charge in [0.25, 0.3) is 0 Å². The maximum absolute atomic E-state index is 12.0. The predicted molar refractivity (Wildman–Crippen MR) is 72.4 cm³/mol. The predicted octanol–water partition coefficient (Wildman–Crippen LogP) is 0.965. The lowest BCUT2D eigenvalue weighted by Gasteiger charge is -2.19. The summed E-state index contributed by atoms with van der Waals surface area (Å²) in [5.74, 6) is -1.96. The highest BCUT2D eigenvalue weighted by molar-refractivity contribution is 6.31. The van der Waals surface area contributed by atoms with Crippen LogP contribution >= 0.6 is 11.6 Å². The van der Waals surface area contributed by atoms with Gasteiger partial charge in [0.15, 0.2) is 0 Å². The Balaban J connectivity index is 2.42. The number of nitrogens with zero attached hydrogens (tertiary/aromatic N) is 1. The summed E-state index contributed by atoms with van der Waals surface area (Å²) in [7, 11) is 1.25. The van der Waals surface area contributed by atoms with E-state index in [1.54, 1.807) is 0 Å². The van der Waals surface area contributed by atoms with E-state index in [0.29, 0.717) is 10.7 Å². The minimum Gasteiger partial charge on any atom is -0.465 e. The summed E-state index contributed by atoms with van der Waals surface area (Å²) in [6, 6.07) is 4.51. The van der Waals surface area contributed by atoms with Crippen molar-refractivity contribution in [2.75, 3.05) is 18.6 Å². The molecule has 1 saturated heterocycles. The third kappa shape index (κ3) is 2.60. The highest BCUT2D eigenvalue weighted by Crippen LogP contribution is 2.31. The molecule has 0 radical (unpaired) electrons. The Hall–Kier alpha value is -2.08. The van der Waals surface area contributed by atoms with Crippen LogP contribution in [0.25, 0.3) is 0 Å². The smallest absolute Gasteiger partial charge is 0.339 e. The van der Waals surface area contributed by atoms with Crippen LogP contribution in [0.15, 0.2) is 18.2 Å². The molecule has 6 nitrogen and oxygen atoms in total. The third-order valence-corrected chi connectivity index (χ3v) is 3.42. The molecule has 1 aromatic carbocycles. The summed E-state index contributed by atoms with van der Waals surface area (Å²) in [4.78, 5) is 36.2. The minimum atomic E-state index is -0.577. The lowest BCUT2D eigenvalue weighted by atomic mass is 10.1.